The Balaban J connectivity index is 0.000000280. The van der Waals surface area contributed by atoms with Gasteiger partial charge in [-0.1, -0.05) is 33.6 Å². The van der Waals surface area contributed by atoms with Gasteiger partial charge in [0.15, 0.2) is 6.10 Å². The molecule has 7 nitrogen and oxygen atoms in total. The van der Waals surface area contributed by atoms with Gasteiger partial charge in [-0.15, -0.1) is 0 Å². The summed E-state index contributed by atoms with van der Waals surface area (Å²) in [6.45, 7) is 19.2. The van der Waals surface area contributed by atoms with Gasteiger partial charge in [0.2, 0.25) is 0 Å². The fourth-order valence-electron chi connectivity index (χ4n) is 5.02. The molecule has 34 heavy (non-hydrogen) atoms. The highest BCUT2D eigenvalue weighted by Gasteiger charge is 2.57. The zero-order chi connectivity index (χ0) is 26.2. The minimum Gasteiger partial charge on any atom is -0.478 e. The molecule has 4 bridgehead atoms. The number of carbonyl (C=O) groups excluding carboxylic acids is 2. The first-order valence-electron chi connectivity index (χ1n) is 11.8. The Bertz CT molecular complexity index is 841. The molecule has 0 aromatic heterocycles. The van der Waals surface area contributed by atoms with E-state index < -0.39 is 5.97 Å². The van der Waals surface area contributed by atoms with Crippen molar-refractivity contribution in [3.8, 4) is 6.07 Å². The monoisotopic (exact) mass is 473 g/mol. The molecule has 1 N–H and O–H groups in total. The topological polar surface area (TPSA) is 117 Å². The van der Waals surface area contributed by atoms with Crippen molar-refractivity contribution in [3.63, 3.8) is 0 Å². The van der Waals surface area contributed by atoms with Gasteiger partial charge >= 0.3 is 17.9 Å². The minimum atomic E-state index is -0.935. The van der Waals surface area contributed by atoms with Gasteiger partial charge < -0.3 is 14.6 Å². The standard InChI is InChI=1S/C15H22O2.C4H5N.2C4H6O2/c1-9(2)14(16)17-15-7-11-4-12(8-15)6-13(5-11)10(15)3;1-4(2)3-5;1-2-3-4(5)6-3;1-3(2)4(5)6/h10-13H,1,4-8H2,2-3H3;1H2,2H3;3H,2H2,1H3;1H2,2H3,(H,5,6). The van der Waals surface area contributed by atoms with Crippen molar-refractivity contribution in [2.75, 3.05) is 0 Å². The average Bonchev–Trinajstić information content (AvgIpc) is 3.48. The van der Waals surface area contributed by atoms with Crippen LogP contribution in [0.15, 0.2) is 36.5 Å². The lowest BCUT2D eigenvalue weighted by molar-refractivity contribution is -0.201. The van der Waals surface area contributed by atoms with Gasteiger partial charge in [-0.2, -0.15) is 5.26 Å². The molecule has 4 aliphatic carbocycles. The number of epoxide rings is 1. The summed E-state index contributed by atoms with van der Waals surface area (Å²) in [4.78, 5) is 31.3. The van der Waals surface area contributed by atoms with Crippen molar-refractivity contribution in [2.45, 2.75) is 84.8 Å². The van der Waals surface area contributed by atoms with E-state index in [1.807, 2.05) is 13.0 Å². The van der Waals surface area contributed by atoms with Crippen molar-refractivity contribution >= 4 is 17.9 Å². The normalized spacial score (nSPS) is 30.8. The number of rotatable bonds is 4. The van der Waals surface area contributed by atoms with E-state index >= 15 is 0 Å². The van der Waals surface area contributed by atoms with E-state index in [9.17, 15) is 14.4 Å². The largest absolute Gasteiger partial charge is 0.478 e. The number of hydrogen-bond acceptors (Lipinski definition) is 6. The van der Waals surface area contributed by atoms with Gasteiger partial charge in [-0.25, -0.2) is 14.4 Å². The van der Waals surface area contributed by atoms with E-state index in [4.69, 9.17) is 15.1 Å². The van der Waals surface area contributed by atoms with Gasteiger partial charge in [-0.05, 0) is 83.0 Å². The number of ether oxygens (including phenoxy) is 2. The van der Waals surface area contributed by atoms with E-state index in [0.29, 0.717) is 17.1 Å². The molecule has 4 unspecified atom stereocenters. The molecule has 0 radical (unpaired) electrons. The van der Waals surface area contributed by atoms with Crippen LogP contribution in [0, 0.1) is 35.0 Å². The lowest BCUT2D eigenvalue weighted by atomic mass is 9.50. The highest BCUT2D eigenvalue weighted by molar-refractivity contribution is 5.87. The van der Waals surface area contributed by atoms with Crippen LogP contribution in [0.2, 0.25) is 0 Å². The van der Waals surface area contributed by atoms with Crippen molar-refractivity contribution in [3.05, 3.63) is 36.5 Å². The van der Waals surface area contributed by atoms with Crippen LogP contribution in [-0.4, -0.2) is 34.7 Å². The average molecular weight is 474 g/mol. The van der Waals surface area contributed by atoms with Crippen molar-refractivity contribution in [1.82, 2.24) is 0 Å². The number of esters is 1. The van der Waals surface area contributed by atoms with Crippen LogP contribution in [0.4, 0.5) is 0 Å². The van der Waals surface area contributed by atoms with Crippen LogP contribution in [0.5, 0.6) is 0 Å². The first kappa shape index (κ1) is 29.2. The molecule has 4 saturated carbocycles. The number of carboxylic acid groups (broad SMARTS) is 1. The van der Waals surface area contributed by atoms with E-state index in [-0.39, 0.29) is 29.2 Å². The summed E-state index contributed by atoms with van der Waals surface area (Å²) in [5.41, 5.74) is 1.12. The molecule has 4 atom stereocenters. The van der Waals surface area contributed by atoms with Gasteiger partial charge in [0, 0.05) is 16.7 Å². The third kappa shape index (κ3) is 8.48. The number of cyclic esters (lactones) is 1. The summed E-state index contributed by atoms with van der Waals surface area (Å²) in [6.07, 6.45) is 7.09. The summed E-state index contributed by atoms with van der Waals surface area (Å²) >= 11 is 0. The third-order valence-electron chi connectivity index (χ3n) is 6.78. The Morgan fingerprint density at radius 3 is 1.82 bits per heavy atom. The minimum absolute atomic E-state index is 0.0370. The molecular weight excluding hydrogens is 434 g/mol. The van der Waals surface area contributed by atoms with Crippen LogP contribution in [-0.2, 0) is 23.9 Å². The van der Waals surface area contributed by atoms with Crippen molar-refractivity contribution < 1.29 is 29.0 Å². The maximum absolute atomic E-state index is 11.9. The van der Waals surface area contributed by atoms with Gasteiger partial charge in [-0.3, -0.25) is 0 Å². The molecule has 7 heteroatoms. The van der Waals surface area contributed by atoms with Crippen LogP contribution in [0.3, 0.4) is 0 Å². The third-order valence-corrected chi connectivity index (χ3v) is 6.78. The van der Waals surface area contributed by atoms with Crippen LogP contribution in [0.25, 0.3) is 0 Å². The highest BCUT2D eigenvalue weighted by Crippen LogP contribution is 2.59. The molecule has 188 valence electrons. The van der Waals surface area contributed by atoms with Crippen molar-refractivity contribution in [1.29, 1.82) is 5.26 Å². The molecule has 5 fully saturated rings. The van der Waals surface area contributed by atoms with Crippen LogP contribution >= 0.6 is 0 Å². The molecule has 0 aromatic rings. The zero-order valence-corrected chi connectivity index (χ0v) is 21.2. The first-order chi connectivity index (χ1) is 15.8. The predicted molar refractivity (Wildman–Crippen MR) is 129 cm³/mol. The predicted octanol–water partition coefficient (Wildman–Crippen LogP) is 5.38. The summed E-state index contributed by atoms with van der Waals surface area (Å²) < 4.78 is 10.3. The quantitative estimate of drug-likeness (QED) is 0.252. The molecule has 1 saturated heterocycles. The Hall–Kier alpha value is -2.88. The number of allylic oxidation sites excluding steroid dienone is 1. The summed E-state index contributed by atoms with van der Waals surface area (Å²) in [7, 11) is 0. The Labute approximate surface area is 203 Å². The number of aliphatic carboxylic acids is 1. The molecule has 1 heterocycles. The molecule has 0 aromatic carbocycles. The maximum atomic E-state index is 11.9. The lowest BCUT2D eigenvalue weighted by Gasteiger charge is -2.59. The fraction of sp³-hybridized carbons (Fsp3) is 0.630. The summed E-state index contributed by atoms with van der Waals surface area (Å²) in [5.74, 6) is 1.78. The van der Waals surface area contributed by atoms with Crippen LogP contribution < -0.4 is 0 Å². The van der Waals surface area contributed by atoms with E-state index in [2.05, 4.69) is 31.4 Å². The number of carboxylic acids is 1. The van der Waals surface area contributed by atoms with Crippen LogP contribution in [0.1, 0.15) is 73.1 Å². The van der Waals surface area contributed by atoms with Crippen molar-refractivity contribution in [2.24, 2.45) is 23.7 Å². The maximum Gasteiger partial charge on any atom is 0.348 e. The number of hydrogen-bond donors (Lipinski definition) is 1. The van der Waals surface area contributed by atoms with Gasteiger partial charge in [0.1, 0.15) is 5.60 Å². The van der Waals surface area contributed by atoms with Gasteiger partial charge in [0.25, 0.3) is 0 Å². The molecule has 1 aliphatic heterocycles. The second kappa shape index (κ2) is 12.5. The Morgan fingerprint density at radius 2 is 1.56 bits per heavy atom. The fourth-order valence-corrected chi connectivity index (χ4v) is 5.02. The lowest BCUT2D eigenvalue weighted by Crippen LogP contribution is -2.58. The highest BCUT2D eigenvalue weighted by atomic mass is 16.6. The van der Waals surface area contributed by atoms with Gasteiger partial charge in [0.05, 0.1) is 6.07 Å². The Morgan fingerprint density at radius 1 is 1.12 bits per heavy atom. The van der Waals surface area contributed by atoms with E-state index in [0.717, 1.165) is 37.0 Å². The SMILES string of the molecule is C=C(C)C#N.C=C(C)C(=O)O.C=C(C)C(=O)OC12CC3CC(CC(C3)C1C)C2.CCC1OC1=O. The second-order valence-electron chi connectivity index (χ2n) is 9.94. The number of carbonyl (C=O) groups is 3. The Kier molecular flexibility index (Phi) is 10.8. The number of nitriles is 1. The molecule has 0 amide bonds. The van der Waals surface area contributed by atoms with E-state index in [1.54, 1.807) is 13.8 Å². The molecule has 5 rings (SSSR count). The zero-order valence-electron chi connectivity index (χ0n) is 21.2. The first-order valence-corrected chi connectivity index (χ1v) is 11.8. The summed E-state index contributed by atoms with van der Waals surface area (Å²) in [5, 5.41) is 15.7. The smallest absolute Gasteiger partial charge is 0.348 e. The van der Waals surface area contributed by atoms with E-state index in [1.165, 1.54) is 26.2 Å². The number of nitrogens with zero attached hydrogens (tertiary/aromatic N) is 1. The molecule has 5 aliphatic rings. The molecular formula is C27H39NO6. The summed E-state index contributed by atoms with van der Waals surface area (Å²) in [6, 6.07) is 1.83. The second-order valence-corrected chi connectivity index (χ2v) is 9.94. The molecule has 0 spiro atoms.